The Bertz CT molecular complexity index is 429. The van der Waals surface area contributed by atoms with E-state index in [9.17, 15) is 0 Å². The van der Waals surface area contributed by atoms with E-state index < -0.39 is 0 Å². The second kappa shape index (κ2) is 6.56. The molecule has 0 N–H and O–H groups in total. The van der Waals surface area contributed by atoms with E-state index in [2.05, 4.69) is 31.2 Å². The fourth-order valence-electron chi connectivity index (χ4n) is 4.41. The molecule has 1 fully saturated rings. The highest BCUT2D eigenvalue weighted by atomic mass is 32.1. The van der Waals surface area contributed by atoms with Gasteiger partial charge in [0.2, 0.25) is 0 Å². The topological polar surface area (TPSA) is 0 Å². The molecule has 0 nitrogen and oxygen atoms in total. The zero-order valence-corrected chi connectivity index (χ0v) is 13.6. The maximum Gasteiger partial charge on any atom is -0.0144 e. The molecule has 3 rings (SSSR count). The lowest BCUT2D eigenvalue weighted by Gasteiger charge is -2.37. The second-order valence-corrected chi connectivity index (χ2v) is 7.65. The molecule has 0 saturated heterocycles. The third kappa shape index (κ3) is 3.24. The standard InChI is InChI=1S/C19H28S/c1-14-10-11-18(19(20)12-14)17-9-5-8-16(13-17)15-6-3-2-4-7-15/h2-3,10-11,14-17,20H,4-9,12-13H2,1H3. The van der Waals surface area contributed by atoms with E-state index in [1.165, 1.54) is 49.9 Å². The minimum atomic E-state index is 0.675. The summed E-state index contributed by atoms with van der Waals surface area (Å²) < 4.78 is 0. The van der Waals surface area contributed by atoms with Crippen molar-refractivity contribution in [3.8, 4) is 0 Å². The van der Waals surface area contributed by atoms with Crippen LogP contribution in [0.5, 0.6) is 0 Å². The zero-order chi connectivity index (χ0) is 13.9. The first kappa shape index (κ1) is 14.5. The molecule has 0 radical (unpaired) electrons. The Hall–Kier alpha value is -0.430. The maximum absolute atomic E-state index is 4.80. The summed E-state index contributed by atoms with van der Waals surface area (Å²) in [5, 5.41) is 0. The van der Waals surface area contributed by atoms with Crippen LogP contribution in [0.15, 0.2) is 34.8 Å². The minimum Gasteiger partial charge on any atom is -0.148 e. The van der Waals surface area contributed by atoms with Crippen molar-refractivity contribution in [1.29, 1.82) is 0 Å². The van der Waals surface area contributed by atoms with Crippen molar-refractivity contribution >= 4 is 12.6 Å². The fourth-order valence-corrected chi connectivity index (χ4v) is 4.96. The Kier molecular flexibility index (Phi) is 4.75. The average Bonchev–Trinajstić information content (AvgIpc) is 2.48. The molecule has 1 heteroatoms. The maximum atomic E-state index is 4.80. The van der Waals surface area contributed by atoms with Gasteiger partial charge in [-0.1, -0.05) is 44.1 Å². The summed E-state index contributed by atoms with van der Waals surface area (Å²) in [6.07, 6.45) is 20.5. The molecule has 0 amide bonds. The van der Waals surface area contributed by atoms with Crippen LogP contribution >= 0.6 is 12.6 Å². The average molecular weight is 288 g/mol. The first-order valence-electron chi connectivity index (χ1n) is 8.49. The summed E-state index contributed by atoms with van der Waals surface area (Å²) in [6, 6.07) is 0. The first-order valence-corrected chi connectivity index (χ1v) is 8.94. The third-order valence-electron chi connectivity index (χ3n) is 5.58. The first-order chi connectivity index (χ1) is 9.74. The summed E-state index contributed by atoms with van der Waals surface area (Å²) in [6.45, 7) is 2.29. The van der Waals surface area contributed by atoms with Crippen molar-refractivity contribution < 1.29 is 0 Å². The largest absolute Gasteiger partial charge is 0.148 e. The van der Waals surface area contributed by atoms with Gasteiger partial charge in [-0.25, -0.2) is 0 Å². The predicted octanol–water partition coefficient (Wildman–Crippen LogP) is 5.93. The van der Waals surface area contributed by atoms with Crippen molar-refractivity contribution in [3.05, 3.63) is 34.8 Å². The van der Waals surface area contributed by atoms with Crippen LogP contribution in [0.2, 0.25) is 0 Å². The van der Waals surface area contributed by atoms with E-state index in [0.29, 0.717) is 5.92 Å². The van der Waals surface area contributed by atoms with Crippen molar-refractivity contribution in [2.75, 3.05) is 0 Å². The Balaban J connectivity index is 1.67. The molecule has 4 unspecified atom stereocenters. The number of rotatable bonds is 2. The Labute approximate surface area is 129 Å². The van der Waals surface area contributed by atoms with Gasteiger partial charge in [0, 0.05) is 0 Å². The number of thiol groups is 1. The fraction of sp³-hybridized carbons (Fsp3) is 0.684. The predicted molar refractivity (Wildman–Crippen MR) is 90.9 cm³/mol. The lowest BCUT2D eigenvalue weighted by molar-refractivity contribution is 0.201. The lowest BCUT2D eigenvalue weighted by atomic mass is 9.69. The van der Waals surface area contributed by atoms with E-state index in [1.54, 1.807) is 5.57 Å². The second-order valence-electron chi connectivity index (χ2n) is 7.11. The van der Waals surface area contributed by atoms with Crippen LogP contribution < -0.4 is 0 Å². The molecule has 0 heterocycles. The molecule has 0 aromatic carbocycles. The van der Waals surface area contributed by atoms with Gasteiger partial charge >= 0.3 is 0 Å². The molecule has 4 atom stereocenters. The highest BCUT2D eigenvalue weighted by molar-refractivity contribution is 7.84. The summed E-state index contributed by atoms with van der Waals surface area (Å²) in [4.78, 5) is 1.37. The number of allylic oxidation sites excluding steroid dienone is 6. The van der Waals surface area contributed by atoms with Crippen molar-refractivity contribution in [1.82, 2.24) is 0 Å². The van der Waals surface area contributed by atoms with Crippen LogP contribution in [0.1, 0.15) is 58.3 Å². The molecular formula is C19H28S. The van der Waals surface area contributed by atoms with Gasteiger partial charge in [-0.3, -0.25) is 0 Å². The monoisotopic (exact) mass is 288 g/mol. The number of hydrogen-bond donors (Lipinski definition) is 1. The minimum absolute atomic E-state index is 0.675. The molecule has 0 aromatic rings. The van der Waals surface area contributed by atoms with Gasteiger partial charge in [0.15, 0.2) is 0 Å². The Morgan fingerprint density at radius 1 is 1.10 bits per heavy atom. The lowest BCUT2D eigenvalue weighted by Crippen LogP contribution is -2.25. The highest BCUT2D eigenvalue weighted by Gasteiger charge is 2.30. The van der Waals surface area contributed by atoms with Gasteiger partial charge in [-0.15, -0.1) is 12.6 Å². The van der Waals surface area contributed by atoms with Crippen molar-refractivity contribution in [2.24, 2.45) is 23.7 Å². The van der Waals surface area contributed by atoms with Crippen LogP contribution in [-0.4, -0.2) is 0 Å². The molecule has 0 aliphatic heterocycles. The van der Waals surface area contributed by atoms with Crippen LogP contribution in [0, 0.1) is 23.7 Å². The highest BCUT2D eigenvalue weighted by Crippen LogP contribution is 2.43. The molecule has 3 aliphatic rings. The summed E-state index contributed by atoms with van der Waals surface area (Å²) in [5.74, 6) is 3.38. The van der Waals surface area contributed by atoms with E-state index in [4.69, 9.17) is 12.6 Å². The summed E-state index contributed by atoms with van der Waals surface area (Å²) in [5.41, 5.74) is 1.57. The quantitative estimate of drug-likeness (QED) is 0.472. The summed E-state index contributed by atoms with van der Waals surface area (Å²) >= 11 is 4.80. The van der Waals surface area contributed by atoms with E-state index in [0.717, 1.165) is 24.2 Å². The van der Waals surface area contributed by atoms with Gasteiger partial charge in [-0.05, 0) is 72.7 Å². The molecule has 1 saturated carbocycles. The molecule has 20 heavy (non-hydrogen) atoms. The Morgan fingerprint density at radius 3 is 2.75 bits per heavy atom. The van der Waals surface area contributed by atoms with Crippen molar-refractivity contribution in [2.45, 2.75) is 58.3 Å². The smallest absolute Gasteiger partial charge is 0.0144 e. The Morgan fingerprint density at radius 2 is 2.00 bits per heavy atom. The molecular weight excluding hydrogens is 260 g/mol. The molecule has 0 bridgehead atoms. The van der Waals surface area contributed by atoms with E-state index >= 15 is 0 Å². The van der Waals surface area contributed by atoms with Gasteiger partial charge in [0.05, 0.1) is 0 Å². The van der Waals surface area contributed by atoms with E-state index in [1.807, 2.05) is 0 Å². The normalized spacial score (nSPS) is 38.3. The molecule has 3 aliphatic carbocycles. The van der Waals surface area contributed by atoms with Crippen LogP contribution in [0.3, 0.4) is 0 Å². The van der Waals surface area contributed by atoms with Crippen molar-refractivity contribution in [3.63, 3.8) is 0 Å². The van der Waals surface area contributed by atoms with Crippen LogP contribution in [0.4, 0.5) is 0 Å². The molecule has 0 aromatic heterocycles. The van der Waals surface area contributed by atoms with Gasteiger partial charge < -0.3 is 0 Å². The van der Waals surface area contributed by atoms with Crippen LogP contribution in [0.25, 0.3) is 0 Å². The third-order valence-corrected chi connectivity index (χ3v) is 6.02. The van der Waals surface area contributed by atoms with Gasteiger partial charge in [0.25, 0.3) is 0 Å². The van der Waals surface area contributed by atoms with E-state index in [-0.39, 0.29) is 0 Å². The SMILES string of the molecule is CC1C=CC(C2CCCC(C3CC=CCC3)C2)=C(S)C1. The molecule has 0 spiro atoms. The van der Waals surface area contributed by atoms with Gasteiger partial charge in [0.1, 0.15) is 0 Å². The molecule has 110 valence electrons. The summed E-state index contributed by atoms with van der Waals surface area (Å²) in [7, 11) is 0. The van der Waals surface area contributed by atoms with Crippen LogP contribution in [-0.2, 0) is 0 Å². The zero-order valence-electron chi connectivity index (χ0n) is 12.7. The number of hydrogen-bond acceptors (Lipinski definition) is 1. The van der Waals surface area contributed by atoms with Gasteiger partial charge in [-0.2, -0.15) is 0 Å².